The van der Waals surface area contributed by atoms with Crippen molar-refractivity contribution in [3.63, 3.8) is 0 Å². The highest BCUT2D eigenvalue weighted by Gasteiger charge is 2.27. The number of hydrogen-bond acceptors (Lipinski definition) is 3. The smallest absolute Gasteiger partial charge is 0.241 e. The molecule has 6 heteroatoms. The highest BCUT2D eigenvalue weighted by molar-refractivity contribution is 7.89. The van der Waals surface area contributed by atoms with Crippen molar-refractivity contribution in [3.8, 4) is 0 Å². The molecule has 0 radical (unpaired) electrons. The van der Waals surface area contributed by atoms with Crippen LogP contribution in [0, 0.1) is 0 Å². The molecule has 5 nitrogen and oxygen atoms in total. The van der Waals surface area contributed by atoms with Crippen molar-refractivity contribution in [1.29, 1.82) is 0 Å². The van der Waals surface area contributed by atoms with Gasteiger partial charge in [0, 0.05) is 25.2 Å². The van der Waals surface area contributed by atoms with Gasteiger partial charge in [-0.05, 0) is 67.0 Å². The van der Waals surface area contributed by atoms with Crippen LogP contribution in [0.5, 0.6) is 0 Å². The van der Waals surface area contributed by atoms with Crippen molar-refractivity contribution in [2.45, 2.75) is 50.0 Å². The maximum absolute atomic E-state index is 13.0. The predicted octanol–water partition coefficient (Wildman–Crippen LogP) is 3.34. The third-order valence-electron chi connectivity index (χ3n) is 5.53. The molecule has 1 amide bonds. The minimum Gasteiger partial charge on any atom is -0.312 e. The van der Waals surface area contributed by atoms with Crippen LogP contribution >= 0.6 is 0 Å². The molecule has 2 aromatic rings. The van der Waals surface area contributed by atoms with E-state index in [1.807, 2.05) is 18.2 Å². The van der Waals surface area contributed by atoms with E-state index in [2.05, 4.69) is 10.8 Å². The van der Waals surface area contributed by atoms with Crippen molar-refractivity contribution < 1.29 is 13.2 Å². The Labute approximate surface area is 160 Å². The first-order valence-corrected chi connectivity index (χ1v) is 11.0. The number of amides is 1. The van der Waals surface area contributed by atoms with Gasteiger partial charge < -0.3 is 4.90 Å². The highest BCUT2D eigenvalue weighted by Crippen LogP contribution is 2.33. The van der Waals surface area contributed by atoms with Crippen LogP contribution in [0.15, 0.2) is 47.4 Å². The monoisotopic (exact) mass is 384 g/mol. The number of carbonyl (C=O) groups excluding carboxylic acids is 1. The van der Waals surface area contributed by atoms with Crippen molar-refractivity contribution in [3.05, 3.63) is 59.2 Å². The lowest BCUT2D eigenvalue weighted by molar-refractivity contribution is -0.116. The summed E-state index contributed by atoms with van der Waals surface area (Å²) in [5.41, 5.74) is 4.05. The van der Waals surface area contributed by atoms with Gasteiger partial charge in [0.15, 0.2) is 0 Å². The van der Waals surface area contributed by atoms with Gasteiger partial charge in [-0.25, -0.2) is 13.1 Å². The molecule has 1 unspecified atom stereocenters. The summed E-state index contributed by atoms with van der Waals surface area (Å²) in [4.78, 5) is 13.8. The predicted molar refractivity (Wildman–Crippen MR) is 105 cm³/mol. The molecule has 0 fully saturated rings. The van der Waals surface area contributed by atoms with Crippen molar-refractivity contribution in [2.24, 2.45) is 0 Å². The lowest BCUT2D eigenvalue weighted by Crippen LogP contribution is -2.34. The van der Waals surface area contributed by atoms with Gasteiger partial charge in [0.25, 0.3) is 0 Å². The maximum atomic E-state index is 13.0. The van der Waals surface area contributed by atoms with E-state index < -0.39 is 10.0 Å². The summed E-state index contributed by atoms with van der Waals surface area (Å²) in [5, 5.41) is 0. The van der Waals surface area contributed by atoms with Crippen LogP contribution in [-0.4, -0.2) is 20.9 Å². The molecular weight excluding hydrogens is 360 g/mol. The zero-order valence-electron chi connectivity index (χ0n) is 15.4. The highest BCUT2D eigenvalue weighted by atomic mass is 32.2. The van der Waals surface area contributed by atoms with E-state index in [-0.39, 0.29) is 16.8 Å². The third kappa shape index (κ3) is 3.51. The molecule has 0 aromatic heterocycles. The Hall–Kier alpha value is -2.18. The first-order chi connectivity index (χ1) is 13.0. The average molecular weight is 385 g/mol. The lowest BCUT2D eigenvalue weighted by Gasteiger charge is -2.29. The SMILES string of the molecule is CC(=O)N1CCCc2cc(S(=O)(=O)NC3CCCc4ccccc43)ccc21. The van der Waals surface area contributed by atoms with Gasteiger partial charge in [-0.3, -0.25) is 4.79 Å². The zero-order chi connectivity index (χ0) is 19.0. The molecule has 0 spiro atoms. The number of benzene rings is 2. The molecule has 2 aromatic carbocycles. The lowest BCUT2D eigenvalue weighted by atomic mass is 9.88. The normalized spacial score (nSPS) is 19.3. The van der Waals surface area contributed by atoms with Crippen LogP contribution in [0.2, 0.25) is 0 Å². The Kier molecular flexibility index (Phi) is 4.78. The fraction of sp³-hybridized carbons (Fsp3) is 0.381. The summed E-state index contributed by atoms with van der Waals surface area (Å²) >= 11 is 0. The van der Waals surface area contributed by atoms with Gasteiger partial charge >= 0.3 is 0 Å². The van der Waals surface area contributed by atoms with Crippen LogP contribution in [0.1, 0.15) is 48.9 Å². The first kappa shape index (κ1) is 18.2. The number of nitrogens with zero attached hydrogens (tertiary/aromatic N) is 1. The number of rotatable bonds is 3. The molecule has 0 saturated carbocycles. The summed E-state index contributed by atoms with van der Waals surface area (Å²) in [6, 6.07) is 13.0. The fourth-order valence-corrected chi connectivity index (χ4v) is 5.50. The number of sulfonamides is 1. The van der Waals surface area contributed by atoms with Gasteiger partial charge in [-0.2, -0.15) is 0 Å². The maximum Gasteiger partial charge on any atom is 0.241 e. The Morgan fingerprint density at radius 1 is 1.07 bits per heavy atom. The Bertz CT molecular complexity index is 985. The van der Waals surface area contributed by atoms with Crippen LogP contribution in [0.25, 0.3) is 0 Å². The molecule has 0 saturated heterocycles. The topological polar surface area (TPSA) is 66.5 Å². The van der Waals surface area contributed by atoms with E-state index in [1.165, 1.54) is 5.56 Å². The standard InChI is InChI=1S/C21H24N2O3S/c1-15(24)23-13-5-8-17-14-18(11-12-21(17)23)27(25,26)22-20-10-4-7-16-6-2-3-9-19(16)20/h2-3,6,9,11-12,14,20,22H,4-5,7-8,10,13H2,1H3. The van der Waals surface area contributed by atoms with Crippen molar-refractivity contribution >= 4 is 21.6 Å². The number of fused-ring (bicyclic) bond motifs is 2. The van der Waals surface area contributed by atoms with E-state index in [1.54, 1.807) is 30.0 Å². The molecule has 0 bridgehead atoms. The van der Waals surface area contributed by atoms with E-state index in [4.69, 9.17) is 0 Å². The van der Waals surface area contributed by atoms with Crippen LogP contribution in [0.3, 0.4) is 0 Å². The summed E-state index contributed by atoms with van der Waals surface area (Å²) in [6.07, 6.45) is 4.41. The van der Waals surface area contributed by atoms with Gasteiger partial charge in [0.1, 0.15) is 0 Å². The van der Waals surface area contributed by atoms with Gasteiger partial charge in [0.2, 0.25) is 15.9 Å². The molecule has 4 rings (SSSR count). The van der Waals surface area contributed by atoms with Crippen LogP contribution in [-0.2, 0) is 27.7 Å². The van der Waals surface area contributed by atoms with Gasteiger partial charge in [0.05, 0.1) is 4.90 Å². The van der Waals surface area contributed by atoms with Crippen molar-refractivity contribution in [1.82, 2.24) is 4.72 Å². The molecule has 1 heterocycles. The van der Waals surface area contributed by atoms with Crippen LogP contribution in [0.4, 0.5) is 5.69 Å². The fourth-order valence-electron chi connectivity index (χ4n) is 4.20. The summed E-state index contributed by atoms with van der Waals surface area (Å²) in [5.74, 6) is -0.0107. The van der Waals surface area contributed by atoms with E-state index in [0.29, 0.717) is 6.54 Å². The molecule has 1 atom stereocenters. The first-order valence-electron chi connectivity index (χ1n) is 9.47. The zero-order valence-corrected chi connectivity index (χ0v) is 16.3. The number of carbonyl (C=O) groups is 1. The molecule has 1 N–H and O–H groups in total. The average Bonchev–Trinajstić information content (AvgIpc) is 2.67. The quantitative estimate of drug-likeness (QED) is 0.883. The molecule has 1 aliphatic carbocycles. The van der Waals surface area contributed by atoms with Crippen LogP contribution < -0.4 is 9.62 Å². The van der Waals surface area contributed by atoms with Gasteiger partial charge in [-0.1, -0.05) is 24.3 Å². The number of hydrogen-bond donors (Lipinski definition) is 1. The number of anilines is 1. The second kappa shape index (κ2) is 7.09. The van der Waals surface area contributed by atoms with Crippen molar-refractivity contribution in [2.75, 3.05) is 11.4 Å². The molecular formula is C21H24N2O3S. The molecule has 27 heavy (non-hydrogen) atoms. The molecule has 1 aliphatic heterocycles. The Balaban J connectivity index is 1.63. The molecule has 142 valence electrons. The third-order valence-corrected chi connectivity index (χ3v) is 7.00. The van der Waals surface area contributed by atoms with Gasteiger partial charge in [-0.15, -0.1) is 0 Å². The minimum absolute atomic E-state index is 0.0107. The number of aryl methyl sites for hydroxylation is 2. The van der Waals surface area contributed by atoms with E-state index in [0.717, 1.165) is 48.9 Å². The molecule has 2 aliphatic rings. The Morgan fingerprint density at radius 2 is 1.85 bits per heavy atom. The van der Waals surface area contributed by atoms with E-state index >= 15 is 0 Å². The summed E-state index contributed by atoms with van der Waals surface area (Å²) < 4.78 is 28.9. The Morgan fingerprint density at radius 3 is 2.67 bits per heavy atom. The second-order valence-corrected chi connectivity index (χ2v) is 9.04. The second-order valence-electron chi connectivity index (χ2n) is 7.33. The van der Waals surface area contributed by atoms with E-state index in [9.17, 15) is 13.2 Å². The largest absolute Gasteiger partial charge is 0.312 e. The minimum atomic E-state index is -3.63. The summed E-state index contributed by atoms with van der Waals surface area (Å²) in [7, 11) is -3.63. The number of nitrogens with one attached hydrogen (secondary N) is 1. The summed E-state index contributed by atoms with van der Waals surface area (Å²) in [6.45, 7) is 2.23.